The van der Waals surface area contributed by atoms with Crippen LogP contribution in [-0.4, -0.2) is 16.8 Å². The summed E-state index contributed by atoms with van der Waals surface area (Å²) in [5, 5.41) is 0. The van der Waals surface area contributed by atoms with Crippen molar-refractivity contribution in [2.45, 2.75) is 31.7 Å². The standard InChI is InChI=1S/C18H17F3N2O/c19-18(20,21)15-7-3-4-12(8-15)10-23-11-14-6-2-1-5-13(14)9-16(23)17(22)24/h1-8,16H,9-11H2,(H2,22,24)/t16-/m1/s1. The molecule has 0 bridgehead atoms. The first-order valence-corrected chi connectivity index (χ1v) is 7.61. The fourth-order valence-electron chi connectivity index (χ4n) is 3.10. The molecule has 1 atom stereocenters. The van der Waals surface area contributed by atoms with E-state index in [9.17, 15) is 18.0 Å². The number of primary amides is 1. The molecule has 126 valence electrons. The first-order valence-electron chi connectivity index (χ1n) is 7.61. The summed E-state index contributed by atoms with van der Waals surface area (Å²) < 4.78 is 38.6. The minimum absolute atomic E-state index is 0.242. The van der Waals surface area contributed by atoms with Gasteiger partial charge in [-0.15, -0.1) is 0 Å². The average molecular weight is 334 g/mol. The van der Waals surface area contributed by atoms with E-state index in [1.165, 1.54) is 6.07 Å². The maximum absolute atomic E-state index is 12.9. The Morgan fingerprint density at radius 1 is 1.12 bits per heavy atom. The first-order chi connectivity index (χ1) is 11.3. The van der Waals surface area contributed by atoms with Gasteiger partial charge in [0.1, 0.15) is 0 Å². The van der Waals surface area contributed by atoms with Gasteiger partial charge in [0.25, 0.3) is 0 Å². The van der Waals surface area contributed by atoms with Crippen molar-refractivity contribution >= 4 is 5.91 Å². The van der Waals surface area contributed by atoms with E-state index in [0.717, 1.165) is 23.3 Å². The molecule has 0 radical (unpaired) electrons. The monoisotopic (exact) mass is 334 g/mol. The van der Waals surface area contributed by atoms with Crippen LogP contribution in [0.2, 0.25) is 0 Å². The number of alkyl halides is 3. The number of halogens is 3. The molecule has 24 heavy (non-hydrogen) atoms. The molecule has 0 saturated heterocycles. The Labute approximate surface area is 137 Å². The highest BCUT2D eigenvalue weighted by molar-refractivity contribution is 5.80. The zero-order chi connectivity index (χ0) is 17.3. The quantitative estimate of drug-likeness (QED) is 0.937. The molecule has 2 aromatic carbocycles. The van der Waals surface area contributed by atoms with Crippen LogP contribution >= 0.6 is 0 Å². The van der Waals surface area contributed by atoms with Crippen LogP contribution in [0.4, 0.5) is 13.2 Å². The average Bonchev–Trinajstić information content (AvgIpc) is 2.53. The molecule has 0 spiro atoms. The second kappa shape index (κ2) is 6.28. The third kappa shape index (κ3) is 3.43. The molecular formula is C18H17F3N2O. The van der Waals surface area contributed by atoms with Gasteiger partial charge >= 0.3 is 6.18 Å². The summed E-state index contributed by atoms with van der Waals surface area (Å²) in [4.78, 5) is 13.6. The van der Waals surface area contributed by atoms with Gasteiger partial charge in [0.2, 0.25) is 5.91 Å². The summed E-state index contributed by atoms with van der Waals surface area (Å²) in [6.07, 6.45) is -3.90. The Bertz CT molecular complexity index is 758. The lowest BCUT2D eigenvalue weighted by atomic mass is 9.93. The van der Waals surface area contributed by atoms with E-state index in [2.05, 4.69) is 0 Å². The van der Waals surface area contributed by atoms with Gasteiger partial charge in [-0.3, -0.25) is 9.69 Å². The van der Waals surface area contributed by atoms with Crippen molar-refractivity contribution in [3.8, 4) is 0 Å². The molecule has 1 aliphatic rings. The molecule has 2 N–H and O–H groups in total. The molecule has 0 aliphatic carbocycles. The third-order valence-corrected chi connectivity index (χ3v) is 4.31. The summed E-state index contributed by atoms with van der Waals surface area (Å²) in [5.41, 5.74) is 7.46. The van der Waals surface area contributed by atoms with Crippen LogP contribution < -0.4 is 5.73 Å². The van der Waals surface area contributed by atoms with Gasteiger partial charge in [0.15, 0.2) is 0 Å². The number of hydrogen-bond donors (Lipinski definition) is 1. The molecule has 2 aromatic rings. The Hall–Kier alpha value is -2.34. The van der Waals surface area contributed by atoms with E-state index in [1.807, 2.05) is 29.2 Å². The lowest BCUT2D eigenvalue weighted by Gasteiger charge is -2.35. The number of nitrogens with zero attached hydrogens (tertiary/aromatic N) is 1. The molecule has 0 unspecified atom stereocenters. The molecule has 1 heterocycles. The third-order valence-electron chi connectivity index (χ3n) is 4.31. The lowest BCUT2D eigenvalue weighted by molar-refractivity contribution is -0.137. The predicted octanol–water partition coefficient (Wildman–Crippen LogP) is 3.12. The van der Waals surface area contributed by atoms with Gasteiger partial charge in [-0.25, -0.2) is 0 Å². The number of hydrogen-bond acceptors (Lipinski definition) is 2. The molecule has 6 heteroatoms. The molecule has 3 rings (SSSR count). The summed E-state index contributed by atoms with van der Waals surface area (Å²) in [5.74, 6) is -0.462. The SMILES string of the molecule is NC(=O)[C@H]1Cc2ccccc2CN1Cc1cccc(C(F)(F)F)c1. The lowest BCUT2D eigenvalue weighted by Crippen LogP contribution is -2.48. The molecular weight excluding hydrogens is 317 g/mol. The molecule has 1 amide bonds. The predicted molar refractivity (Wildman–Crippen MR) is 83.8 cm³/mol. The van der Waals surface area contributed by atoms with Gasteiger partial charge < -0.3 is 5.73 Å². The summed E-state index contributed by atoms with van der Waals surface area (Å²) in [6, 6.07) is 12.4. The van der Waals surface area contributed by atoms with Crippen LogP contribution in [0, 0.1) is 0 Å². The van der Waals surface area contributed by atoms with Crippen molar-refractivity contribution in [2.24, 2.45) is 5.73 Å². The summed E-state index contributed by atoms with van der Waals surface area (Å²) in [7, 11) is 0. The highest BCUT2D eigenvalue weighted by Crippen LogP contribution is 2.31. The van der Waals surface area contributed by atoms with Crippen LogP contribution in [0.25, 0.3) is 0 Å². The van der Waals surface area contributed by atoms with Gasteiger partial charge in [0.05, 0.1) is 11.6 Å². The van der Waals surface area contributed by atoms with Gasteiger partial charge in [0, 0.05) is 13.1 Å². The molecule has 0 fully saturated rings. The number of fused-ring (bicyclic) bond motifs is 1. The van der Waals surface area contributed by atoms with E-state index in [1.54, 1.807) is 6.07 Å². The summed E-state index contributed by atoms with van der Waals surface area (Å²) in [6.45, 7) is 0.728. The molecule has 0 saturated carbocycles. The Balaban J connectivity index is 1.87. The Kier molecular flexibility index (Phi) is 4.32. The first kappa shape index (κ1) is 16.5. The van der Waals surface area contributed by atoms with Gasteiger partial charge in [-0.05, 0) is 29.2 Å². The molecule has 1 aliphatic heterocycles. The second-order valence-corrected chi connectivity index (χ2v) is 5.99. The second-order valence-electron chi connectivity index (χ2n) is 5.99. The fourth-order valence-corrected chi connectivity index (χ4v) is 3.10. The van der Waals surface area contributed by atoms with E-state index < -0.39 is 23.7 Å². The maximum Gasteiger partial charge on any atom is 0.416 e. The zero-order valence-corrected chi connectivity index (χ0v) is 12.9. The minimum atomic E-state index is -4.38. The Morgan fingerprint density at radius 2 is 1.83 bits per heavy atom. The van der Waals surface area contributed by atoms with Crippen molar-refractivity contribution in [2.75, 3.05) is 0 Å². The van der Waals surface area contributed by atoms with E-state index in [4.69, 9.17) is 5.73 Å². The largest absolute Gasteiger partial charge is 0.416 e. The molecule has 3 nitrogen and oxygen atoms in total. The topological polar surface area (TPSA) is 46.3 Å². The number of carbonyl (C=O) groups is 1. The van der Waals surface area contributed by atoms with Crippen molar-refractivity contribution in [1.29, 1.82) is 0 Å². The van der Waals surface area contributed by atoms with Crippen LogP contribution in [0.1, 0.15) is 22.3 Å². The van der Waals surface area contributed by atoms with E-state index >= 15 is 0 Å². The van der Waals surface area contributed by atoms with Crippen LogP contribution in [-0.2, 0) is 30.5 Å². The highest BCUT2D eigenvalue weighted by Gasteiger charge is 2.32. The van der Waals surface area contributed by atoms with Crippen molar-refractivity contribution in [3.63, 3.8) is 0 Å². The zero-order valence-electron chi connectivity index (χ0n) is 12.9. The number of amides is 1. The minimum Gasteiger partial charge on any atom is -0.368 e. The van der Waals surface area contributed by atoms with Crippen LogP contribution in [0.3, 0.4) is 0 Å². The fraction of sp³-hybridized carbons (Fsp3) is 0.278. The van der Waals surface area contributed by atoms with Crippen LogP contribution in [0.15, 0.2) is 48.5 Å². The van der Waals surface area contributed by atoms with E-state index in [-0.39, 0.29) is 6.54 Å². The van der Waals surface area contributed by atoms with Crippen LogP contribution in [0.5, 0.6) is 0 Å². The number of rotatable bonds is 3. The maximum atomic E-state index is 12.9. The smallest absolute Gasteiger partial charge is 0.368 e. The van der Waals surface area contributed by atoms with E-state index in [0.29, 0.717) is 18.5 Å². The normalized spacial score (nSPS) is 18.2. The number of nitrogens with two attached hydrogens (primary N) is 1. The summed E-state index contributed by atoms with van der Waals surface area (Å²) >= 11 is 0. The van der Waals surface area contributed by atoms with Gasteiger partial charge in [-0.2, -0.15) is 13.2 Å². The van der Waals surface area contributed by atoms with Crippen molar-refractivity contribution in [3.05, 3.63) is 70.8 Å². The highest BCUT2D eigenvalue weighted by atomic mass is 19.4. The van der Waals surface area contributed by atoms with Gasteiger partial charge in [-0.1, -0.05) is 42.5 Å². The number of benzene rings is 2. The van der Waals surface area contributed by atoms with Crippen molar-refractivity contribution < 1.29 is 18.0 Å². The molecule has 0 aromatic heterocycles. The Morgan fingerprint density at radius 3 is 2.50 bits per heavy atom. The number of carbonyl (C=O) groups excluding carboxylic acids is 1. The van der Waals surface area contributed by atoms with Crippen molar-refractivity contribution in [1.82, 2.24) is 4.90 Å².